The molecule has 0 aromatic rings. The van der Waals surface area contributed by atoms with Crippen molar-refractivity contribution in [2.24, 2.45) is 29.1 Å². The quantitative estimate of drug-likeness (QED) is 0.219. The third-order valence-corrected chi connectivity index (χ3v) is 9.13. The van der Waals surface area contributed by atoms with Gasteiger partial charge >= 0.3 is 11.9 Å². The van der Waals surface area contributed by atoms with E-state index in [0.29, 0.717) is 29.9 Å². The van der Waals surface area contributed by atoms with Crippen LogP contribution in [0.5, 0.6) is 0 Å². The first-order chi connectivity index (χ1) is 18.1. The van der Waals surface area contributed by atoms with Crippen LogP contribution in [0.4, 0.5) is 0 Å². The maximum atomic E-state index is 13.0. The van der Waals surface area contributed by atoms with E-state index >= 15 is 0 Å². The van der Waals surface area contributed by atoms with Gasteiger partial charge in [-0.3, -0.25) is 4.79 Å². The molecule has 5 fully saturated rings. The largest absolute Gasteiger partial charge is 0.478 e. The van der Waals surface area contributed by atoms with Crippen LogP contribution < -0.4 is 0 Å². The van der Waals surface area contributed by atoms with Crippen molar-refractivity contribution in [1.29, 1.82) is 0 Å². The lowest BCUT2D eigenvalue weighted by molar-refractivity contribution is -0.327. The number of rotatable bonds is 8. The van der Waals surface area contributed by atoms with Crippen molar-refractivity contribution in [2.45, 2.75) is 88.9 Å². The Morgan fingerprint density at radius 3 is 2.24 bits per heavy atom. The van der Waals surface area contributed by atoms with Gasteiger partial charge in [0.2, 0.25) is 6.29 Å². The lowest BCUT2D eigenvalue weighted by Crippen LogP contribution is -2.60. The van der Waals surface area contributed by atoms with Crippen LogP contribution in [0.25, 0.3) is 0 Å². The summed E-state index contributed by atoms with van der Waals surface area (Å²) in [5, 5.41) is 49.7. The van der Waals surface area contributed by atoms with E-state index in [4.69, 9.17) is 18.9 Å². The maximum absolute atomic E-state index is 13.0. The normalized spacial score (nSPS) is 45.0. The molecule has 4 saturated carbocycles. The summed E-state index contributed by atoms with van der Waals surface area (Å²) in [4.78, 5) is 25.0. The number of aliphatic hydroxyl groups excluding tert-OH is 4. The first kappa shape index (κ1) is 27.5. The topological polar surface area (TPSA) is 172 Å². The number of hydrogen-bond donors (Lipinski definition) is 5. The van der Waals surface area contributed by atoms with Crippen LogP contribution >= 0.6 is 0 Å². The van der Waals surface area contributed by atoms with Gasteiger partial charge in [0.25, 0.3) is 0 Å². The molecular formula is C27H38O11. The van der Waals surface area contributed by atoms with Gasteiger partial charge in [-0.1, -0.05) is 6.08 Å². The highest BCUT2D eigenvalue weighted by molar-refractivity contribution is 5.89. The molecule has 4 bridgehead atoms. The molecule has 0 aromatic heterocycles. The van der Waals surface area contributed by atoms with Crippen molar-refractivity contribution in [3.05, 3.63) is 23.5 Å². The Labute approximate surface area is 221 Å². The van der Waals surface area contributed by atoms with E-state index in [9.17, 15) is 35.1 Å². The van der Waals surface area contributed by atoms with Gasteiger partial charge in [0, 0.05) is 16.9 Å². The summed E-state index contributed by atoms with van der Waals surface area (Å²) >= 11 is 0. The zero-order valence-corrected chi connectivity index (χ0v) is 21.5. The number of esters is 1. The van der Waals surface area contributed by atoms with Gasteiger partial charge in [-0.2, -0.15) is 0 Å². The fourth-order valence-corrected chi connectivity index (χ4v) is 7.74. The van der Waals surface area contributed by atoms with Gasteiger partial charge in [-0.15, -0.1) is 0 Å². The minimum atomic E-state index is -1.66. The van der Waals surface area contributed by atoms with Crippen LogP contribution in [0, 0.1) is 29.1 Å². The molecule has 2 aliphatic heterocycles. The van der Waals surface area contributed by atoms with Gasteiger partial charge in [0.05, 0.1) is 31.5 Å². The number of carbonyl (C=O) groups is 2. The summed E-state index contributed by atoms with van der Waals surface area (Å²) in [5.41, 5.74) is 0.205. The van der Waals surface area contributed by atoms with E-state index in [1.54, 1.807) is 13.0 Å². The van der Waals surface area contributed by atoms with Crippen LogP contribution in [0.15, 0.2) is 23.5 Å². The molecule has 0 radical (unpaired) electrons. The van der Waals surface area contributed by atoms with Gasteiger partial charge in [-0.25, -0.2) is 4.79 Å². The van der Waals surface area contributed by atoms with E-state index in [1.165, 1.54) is 19.3 Å². The molecule has 0 spiro atoms. The maximum Gasteiger partial charge on any atom is 0.335 e. The second kappa shape index (κ2) is 10.9. The molecule has 0 aromatic carbocycles. The van der Waals surface area contributed by atoms with Crippen molar-refractivity contribution < 1.29 is 54.1 Å². The molecule has 11 heteroatoms. The highest BCUT2D eigenvalue weighted by atomic mass is 16.8. The van der Waals surface area contributed by atoms with Gasteiger partial charge in [0.15, 0.2) is 6.29 Å². The van der Waals surface area contributed by atoms with Crippen LogP contribution in [0.3, 0.4) is 0 Å². The van der Waals surface area contributed by atoms with Crippen molar-refractivity contribution in [3.8, 4) is 0 Å². The highest BCUT2D eigenvalue weighted by Crippen LogP contribution is 2.60. The second-order valence-corrected chi connectivity index (χ2v) is 11.8. The van der Waals surface area contributed by atoms with E-state index in [-0.39, 0.29) is 17.4 Å². The standard InChI is InChI=1S/C27H38O11/c1-2-16-17(6-20(29)36-12-27-7-13-3-14(8-27)5-15(4-13)9-27)18(24(33)34)11-35-25(16)38-26-23(32)22(31)21(30)19(10-28)37-26/h2,11,13-15,17,19,21-23,25-26,28,30-32H,3-10,12H2,1H3,(H,33,34)/b16-2+/t13?,14?,15?,17-,19-,21-,22+,23-,25-,26+,27?/m0/s1. The first-order valence-electron chi connectivity index (χ1n) is 13.5. The fourth-order valence-electron chi connectivity index (χ4n) is 7.74. The van der Waals surface area contributed by atoms with E-state index < -0.39 is 61.5 Å². The summed E-state index contributed by atoms with van der Waals surface area (Å²) in [6, 6.07) is 0. The number of allylic oxidation sites excluding steroid dienone is 1. The summed E-state index contributed by atoms with van der Waals surface area (Å²) in [6.07, 6.45) is 0.635. The van der Waals surface area contributed by atoms with Gasteiger partial charge in [0.1, 0.15) is 24.4 Å². The summed E-state index contributed by atoms with van der Waals surface area (Å²) in [7, 11) is 0. The number of carbonyl (C=O) groups excluding carboxylic acids is 1. The van der Waals surface area contributed by atoms with Crippen molar-refractivity contribution in [1.82, 2.24) is 0 Å². The summed E-state index contributed by atoms with van der Waals surface area (Å²) < 4.78 is 22.4. The van der Waals surface area contributed by atoms with Crippen LogP contribution in [0.1, 0.15) is 51.9 Å². The monoisotopic (exact) mass is 538 g/mol. The molecule has 4 aliphatic carbocycles. The van der Waals surface area contributed by atoms with Gasteiger partial charge in [-0.05, 0) is 63.2 Å². The minimum Gasteiger partial charge on any atom is -0.478 e. The molecule has 5 N–H and O–H groups in total. The van der Waals surface area contributed by atoms with E-state index in [2.05, 4.69) is 0 Å². The Kier molecular flexibility index (Phi) is 7.87. The number of aliphatic carboxylic acids is 1. The van der Waals surface area contributed by atoms with Gasteiger partial charge < -0.3 is 44.5 Å². The Morgan fingerprint density at radius 2 is 1.68 bits per heavy atom. The zero-order chi connectivity index (χ0) is 27.2. The second-order valence-electron chi connectivity index (χ2n) is 11.8. The number of aliphatic hydroxyl groups is 4. The van der Waals surface area contributed by atoms with Crippen LogP contribution in [-0.2, 0) is 28.5 Å². The Bertz CT molecular complexity index is 937. The van der Waals surface area contributed by atoms with E-state index in [0.717, 1.165) is 25.5 Å². The smallest absolute Gasteiger partial charge is 0.335 e. The first-order valence-corrected chi connectivity index (χ1v) is 13.5. The third-order valence-electron chi connectivity index (χ3n) is 9.13. The summed E-state index contributed by atoms with van der Waals surface area (Å²) in [6.45, 7) is 1.36. The molecule has 6 aliphatic rings. The average molecular weight is 539 g/mol. The lowest BCUT2D eigenvalue weighted by atomic mass is 9.50. The highest BCUT2D eigenvalue weighted by Gasteiger charge is 2.52. The predicted molar refractivity (Wildman–Crippen MR) is 129 cm³/mol. The van der Waals surface area contributed by atoms with E-state index in [1.807, 2.05) is 0 Å². The predicted octanol–water partition coefficient (Wildman–Crippen LogP) is 0.840. The zero-order valence-electron chi connectivity index (χ0n) is 21.5. The molecule has 0 unspecified atom stereocenters. The molecule has 11 nitrogen and oxygen atoms in total. The molecule has 212 valence electrons. The Morgan fingerprint density at radius 1 is 1.05 bits per heavy atom. The molecule has 1 saturated heterocycles. The number of carboxylic acids is 1. The average Bonchev–Trinajstić information content (AvgIpc) is 2.87. The molecule has 7 atom stereocenters. The van der Waals surface area contributed by atoms with Crippen LogP contribution in [-0.4, -0.2) is 87.7 Å². The number of ether oxygens (including phenoxy) is 4. The Balaban J connectivity index is 1.26. The fraction of sp³-hybridized carbons (Fsp3) is 0.778. The molecule has 0 amide bonds. The number of carboxylic acid groups (broad SMARTS) is 1. The molecule has 2 heterocycles. The number of hydrogen-bond acceptors (Lipinski definition) is 10. The van der Waals surface area contributed by atoms with Crippen molar-refractivity contribution in [3.63, 3.8) is 0 Å². The minimum absolute atomic E-state index is 0.0315. The van der Waals surface area contributed by atoms with Crippen molar-refractivity contribution in [2.75, 3.05) is 13.2 Å². The molecule has 6 rings (SSSR count). The Hall–Kier alpha value is -2.02. The third kappa shape index (κ3) is 5.24. The molecule has 38 heavy (non-hydrogen) atoms. The lowest BCUT2D eigenvalue weighted by Gasteiger charge is -2.56. The van der Waals surface area contributed by atoms with Crippen LogP contribution in [0.2, 0.25) is 0 Å². The van der Waals surface area contributed by atoms with Crippen molar-refractivity contribution >= 4 is 11.9 Å². The summed E-state index contributed by atoms with van der Waals surface area (Å²) in [5.74, 6) is -0.531. The molecular weight excluding hydrogens is 500 g/mol. The SMILES string of the molecule is C/C=C1/[C@H](O[C@H]2O[C@@H](CO)[C@H](O)[C@@H](O)[C@@H]2O)OC=C(C(=O)O)[C@H]1CC(=O)OCC12CC3CC(CC(C3)C1)C2.